The van der Waals surface area contributed by atoms with Gasteiger partial charge in [0.1, 0.15) is 0 Å². The van der Waals surface area contributed by atoms with Gasteiger partial charge in [0.15, 0.2) is 5.82 Å². The van der Waals surface area contributed by atoms with Crippen molar-refractivity contribution < 1.29 is 28.9 Å². The fourth-order valence-corrected chi connectivity index (χ4v) is 1.48. The molecule has 2 rings (SSSR count). The standard InChI is InChI=1S/C11H10F2N3.Ir/c1-11(12,13)10-15-14-9(16(10)2)8-6-4-3-5-7-8;/h3-6H,1-2H3;/q-1;. The molecular formula is C11H10F2IrN3-. The van der Waals surface area contributed by atoms with Crippen molar-refractivity contribution in [1.82, 2.24) is 14.8 Å². The first-order valence-electron chi connectivity index (χ1n) is 4.75. The maximum absolute atomic E-state index is 13.1. The first-order chi connectivity index (χ1) is 7.50. The minimum absolute atomic E-state index is 0. The van der Waals surface area contributed by atoms with Gasteiger partial charge in [0.05, 0.1) is 5.82 Å². The molecule has 1 heterocycles. The molecule has 0 saturated carbocycles. The summed E-state index contributed by atoms with van der Waals surface area (Å²) in [7, 11) is 1.52. The summed E-state index contributed by atoms with van der Waals surface area (Å²) in [6.45, 7) is 0.801. The maximum atomic E-state index is 13.1. The van der Waals surface area contributed by atoms with E-state index in [1.54, 1.807) is 24.3 Å². The Morgan fingerprint density at radius 3 is 2.47 bits per heavy atom. The molecule has 17 heavy (non-hydrogen) atoms. The summed E-state index contributed by atoms with van der Waals surface area (Å²) in [5.41, 5.74) is 0.646. The molecule has 0 N–H and O–H groups in total. The summed E-state index contributed by atoms with van der Waals surface area (Å²) in [5.74, 6) is -2.95. The Morgan fingerprint density at radius 1 is 1.29 bits per heavy atom. The van der Waals surface area contributed by atoms with Gasteiger partial charge in [0.2, 0.25) is 0 Å². The van der Waals surface area contributed by atoms with Crippen molar-refractivity contribution in [1.29, 1.82) is 0 Å². The van der Waals surface area contributed by atoms with Crippen LogP contribution in [-0.2, 0) is 33.1 Å². The number of alkyl halides is 2. The van der Waals surface area contributed by atoms with Gasteiger partial charge in [-0.05, 0) is 0 Å². The third-order valence-electron chi connectivity index (χ3n) is 2.22. The monoisotopic (exact) mass is 415 g/mol. The average Bonchev–Trinajstić information content (AvgIpc) is 2.61. The summed E-state index contributed by atoms with van der Waals surface area (Å²) >= 11 is 0. The summed E-state index contributed by atoms with van der Waals surface area (Å²) in [5, 5.41) is 7.26. The van der Waals surface area contributed by atoms with Crippen LogP contribution in [0.1, 0.15) is 12.7 Å². The van der Waals surface area contributed by atoms with E-state index < -0.39 is 5.92 Å². The molecule has 93 valence electrons. The van der Waals surface area contributed by atoms with E-state index in [-0.39, 0.29) is 25.9 Å². The van der Waals surface area contributed by atoms with E-state index in [1.807, 2.05) is 0 Å². The summed E-state index contributed by atoms with van der Waals surface area (Å²) < 4.78 is 27.5. The molecule has 0 saturated heterocycles. The molecule has 2 aromatic rings. The molecule has 1 aromatic carbocycles. The van der Waals surface area contributed by atoms with Crippen LogP contribution < -0.4 is 0 Å². The van der Waals surface area contributed by atoms with Crippen molar-refractivity contribution in [2.45, 2.75) is 12.8 Å². The molecule has 6 heteroatoms. The zero-order chi connectivity index (χ0) is 11.8. The zero-order valence-corrected chi connectivity index (χ0v) is 11.6. The molecule has 0 amide bonds. The van der Waals surface area contributed by atoms with Crippen LogP contribution in [0.2, 0.25) is 0 Å². The second-order valence-corrected chi connectivity index (χ2v) is 3.57. The van der Waals surface area contributed by atoms with E-state index in [4.69, 9.17) is 0 Å². The van der Waals surface area contributed by atoms with Gasteiger partial charge in [0.25, 0.3) is 0 Å². The Labute approximate surface area is 111 Å². The average molecular weight is 414 g/mol. The van der Waals surface area contributed by atoms with E-state index in [0.29, 0.717) is 11.4 Å². The van der Waals surface area contributed by atoms with Gasteiger partial charge in [-0.15, -0.1) is 41.0 Å². The Bertz CT molecular complexity index is 491. The predicted octanol–water partition coefficient (Wildman–Crippen LogP) is 2.39. The molecule has 0 atom stereocenters. The van der Waals surface area contributed by atoms with Crippen LogP contribution in [0.3, 0.4) is 0 Å². The van der Waals surface area contributed by atoms with Gasteiger partial charge < -0.3 is 4.57 Å². The minimum Gasteiger partial charge on any atom is -0.349 e. The summed E-state index contributed by atoms with van der Waals surface area (Å²) in [6.07, 6.45) is 0. The number of aromatic nitrogens is 3. The summed E-state index contributed by atoms with van der Waals surface area (Å²) in [6, 6.07) is 9.97. The predicted molar refractivity (Wildman–Crippen MR) is 54.8 cm³/mol. The smallest absolute Gasteiger partial charge is 0.303 e. The number of benzene rings is 1. The van der Waals surface area contributed by atoms with Crippen LogP contribution in [0.15, 0.2) is 24.3 Å². The molecule has 0 aliphatic heterocycles. The van der Waals surface area contributed by atoms with Crippen molar-refractivity contribution in [3.8, 4) is 11.4 Å². The van der Waals surface area contributed by atoms with Crippen LogP contribution in [0.5, 0.6) is 0 Å². The van der Waals surface area contributed by atoms with Gasteiger partial charge in [-0.25, -0.2) is 0 Å². The Balaban J connectivity index is 0.00000144. The van der Waals surface area contributed by atoms with E-state index in [1.165, 1.54) is 11.6 Å². The minimum atomic E-state index is -2.99. The summed E-state index contributed by atoms with van der Waals surface area (Å²) in [4.78, 5) is 0. The number of hydrogen-bond donors (Lipinski definition) is 0. The van der Waals surface area contributed by atoms with Crippen LogP contribution >= 0.6 is 0 Å². The molecule has 1 aromatic heterocycles. The molecule has 0 unspecified atom stereocenters. The molecule has 0 aliphatic rings. The fraction of sp³-hybridized carbons (Fsp3) is 0.273. The molecule has 0 aliphatic carbocycles. The van der Waals surface area contributed by atoms with Gasteiger partial charge in [0, 0.05) is 34.1 Å². The van der Waals surface area contributed by atoms with Gasteiger partial charge >= 0.3 is 5.92 Å². The number of halogens is 2. The van der Waals surface area contributed by atoms with Crippen LogP contribution in [0.4, 0.5) is 8.78 Å². The number of hydrogen-bond acceptors (Lipinski definition) is 2. The van der Waals surface area contributed by atoms with E-state index in [9.17, 15) is 8.78 Å². The van der Waals surface area contributed by atoms with Crippen molar-refractivity contribution in [3.05, 3.63) is 36.2 Å². The van der Waals surface area contributed by atoms with Crippen LogP contribution in [0.25, 0.3) is 11.4 Å². The normalized spacial score (nSPS) is 11.1. The Kier molecular flexibility index (Phi) is 4.11. The SMILES string of the molecule is Cn1c(-c2[c-]cccc2)nnc1C(C)(F)F.[Ir]. The largest absolute Gasteiger partial charge is 0.349 e. The number of nitrogens with zero attached hydrogens (tertiary/aromatic N) is 3. The second-order valence-electron chi connectivity index (χ2n) is 3.57. The first kappa shape index (κ1) is 13.9. The molecule has 3 nitrogen and oxygen atoms in total. The van der Waals surface area contributed by atoms with Crippen molar-refractivity contribution in [3.63, 3.8) is 0 Å². The Morgan fingerprint density at radius 2 is 2.00 bits per heavy atom. The van der Waals surface area contributed by atoms with Gasteiger partial charge in [-0.2, -0.15) is 13.9 Å². The molecule has 0 fully saturated rings. The van der Waals surface area contributed by atoms with Crippen molar-refractivity contribution in [2.24, 2.45) is 7.05 Å². The first-order valence-corrected chi connectivity index (χ1v) is 4.75. The van der Waals surface area contributed by atoms with Crippen molar-refractivity contribution >= 4 is 0 Å². The van der Waals surface area contributed by atoms with E-state index >= 15 is 0 Å². The third kappa shape index (κ3) is 2.76. The van der Waals surface area contributed by atoms with Crippen LogP contribution in [-0.4, -0.2) is 14.8 Å². The molecule has 0 bridgehead atoms. The fourth-order valence-electron chi connectivity index (χ4n) is 1.48. The molecule has 0 spiro atoms. The number of rotatable bonds is 2. The van der Waals surface area contributed by atoms with Crippen molar-refractivity contribution in [2.75, 3.05) is 0 Å². The zero-order valence-electron chi connectivity index (χ0n) is 9.24. The van der Waals surface area contributed by atoms with Gasteiger partial charge in [-0.3, -0.25) is 0 Å². The maximum Gasteiger partial charge on any atom is 0.303 e. The third-order valence-corrected chi connectivity index (χ3v) is 2.22. The molecular weight excluding hydrogens is 404 g/mol. The van der Waals surface area contributed by atoms with E-state index in [0.717, 1.165) is 6.92 Å². The molecule has 1 radical (unpaired) electrons. The second kappa shape index (κ2) is 5.02. The van der Waals surface area contributed by atoms with Crippen LogP contribution in [0, 0.1) is 6.07 Å². The quantitative estimate of drug-likeness (QED) is 0.707. The topological polar surface area (TPSA) is 30.7 Å². The Hall–Kier alpha value is -1.13. The van der Waals surface area contributed by atoms with Gasteiger partial charge in [-0.1, -0.05) is 0 Å². The van der Waals surface area contributed by atoms with E-state index in [2.05, 4.69) is 16.3 Å².